The van der Waals surface area contributed by atoms with Gasteiger partial charge in [0.05, 0.1) is 37.9 Å². The Morgan fingerprint density at radius 3 is 1.63 bits per heavy atom. The van der Waals surface area contributed by atoms with Gasteiger partial charge in [0, 0.05) is 32.2 Å². The van der Waals surface area contributed by atoms with E-state index in [1.165, 1.54) is 0 Å². The monoisotopic (exact) mass is 436 g/mol. The van der Waals surface area contributed by atoms with E-state index in [2.05, 4.69) is 10.6 Å². The Morgan fingerprint density at radius 2 is 1.27 bits per heavy atom. The molecule has 0 saturated carbocycles. The van der Waals surface area contributed by atoms with E-state index in [-0.39, 0.29) is 13.1 Å². The maximum Gasteiger partial charge on any atom is 0.317 e. The molecule has 0 heterocycles. The minimum Gasteiger partial charge on any atom is -0.481 e. The number of nitrogens with zero attached hydrogens (tertiary/aromatic N) is 1. The first-order valence-corrected chi connectivity index (χ1v) is 8.92. The molecule has 0 bridgehead atoms. The summed E-state index contributed by atoms with van der Waals surface area (Å²) in [5.41, 5.74) is 3.19. The van der Waals surface area contributed by atoms with Gasteiger partial charge in [0.2, 0.25) is 0 Å². The molecule has 14 nitrogen and oxygen atoms in total. The van der Waals surface area contributed by atoms with Gasteiger partial charge in [-0.2, -0.15) is 0 Å². The Morgan fingerprint density at radius 1 is 0.767 bits per heavy atom. The molecule has 0 amide bonds. The number of rotatable bonds is 18. The van der Waals surface area contributed by atoms with Crippen molar-refractivity contribution in [3.8, 4) is 0 Å². The van der Waals surface area contributed by atoms with Crippen molar-refractivity contribution in [3.63, 3.8) is 0 Å². The van der Waals surface area contributed by atoms with Gasteiger partial charge in [0.1, 0.15) is 0 Å². The average Bonchev–Trinajstić information content (AvgIpc) is 2.57. The van der Waals surface area contributed by atoms with Crippen LogP contribution in [-0.2, 0) is 24.0 Å². The quantitative estimate of drug-likeness (QED) is 0.101. The van der Waals surface area contributed by atoms with Crippen molar-refractivity contribution < 1.29 is 49.5 Å². The molecule has 0 radical (unpaired) electrons. The molecule has 1 unspecified atom stereocenters. The van der Waals surface area contributed by atoms with E-state index in [1.54, 1.807) is 0 Å². The highest BCUT2D eigenvalue weighted by atomic mass is 16.4. The van der Waals surface area contributed by atoms with Gasteiger partial charge in [-0.15, -0.1) is 0 Å². The lowest BCUT2D eigenvalue weighted by Gasteiger charge is -2.46. The number of aliphatic carboxylic acids is 5. The minimum atomic E-state index is -2.15. The Labute approximate surface area is 171 Å². The smallest absolute Gasteiger partial charge is 0.317 e. The lowest BCUT2D eigenvalue weighted by atomic mass is 9.79. The SMILES string of the molecule is NCCNCCNC(CC(=O)O)C(CC(=O)O)(CC(=O)O)N(CC(=O)O)CC(=O)O. The summed E-state index contributed by atoms with van der Waals surface area (Å²) < 4.78 is 0. The summed E-state index contributed by atoms with van der Waals surface area (Å²) in [6.07, 6.45) is -2.77. The predicted octanol–water partition coefficient (Wildman–Crippen LogP) is -2.87. The molecule has 30 heavy (non-hydrogen) atoms. The molecule has 0 aliphatic carbocycles. The summed E-state index contributed by atoms with van der Waals surface area (Å²) >= 11 is 0. The summed E-state index contributed by atoms with van der Waals surface area (Å²) in [6, 6.07) is -1.39. The van der Waals surface area contributed by atoms with Crippen LogP contribution in [0.3, 0.4) is 0 Å². The highest BCUT2D eigenvalue weighted by Gasteiger charge is 2.49. The molecule has 0 spiro atoms. The van der Waals surface area contributed by atoms with Crippen molar-refractivity contribution in [3.05, 3.63) is 0 Å². The summed E-state index contributed by atoms with van der Waals surface area (Å²) in [5, 5.41) is 52.1. The van der Waals surface area contributed by atoms with Gasteiger partial charge < -0.3 is 41.9 Å². The first-order chi connectivity index (χ1) is 13.9. The summed E-state index contributed by atoms with van der Waals surface area (Å²) in [7, 11) is 0. The molecule has 0 aromatic carbocycles. The molecule has 0 aliphatic rings. The van der Waals surface area contributed by atoms with E-state index in [0.717, 1.165) is 0 Å². The van der Waals surface area contributed by atoms with Gasteiger partial charge in [-0.05, 0) is 0 Å². The maximum absolute atomic E-state index is 11.6. The number of carboxylic acid groups (broad SMARTS) is 5. The fourth-order valence-electron chi connectivity index (χ4n) is 3.16. The van der Waals surface area contributed by atoms with Gasteiger partial charge in [0.15, 0.2) is 0 Å². The summed E-state index contributed by atoms with van der Waals surface area (Å²) in [5.74, 6) is -7.57. The molecule has 0 aliphatic heterocycles. The van der Waals surface area contributed by atoms with Crippen LogP contribution in [0.15, 0.2) is 0 Å². The molecule has 0 saturated heterocycles. The Balaban J connectivity index is 6.27. The highest BCUT2D eigenvalue weighted by molar-refractivity contribution is 5.77. The van der Waals surface area contributed by atoms with Crippen molar-refractivity contribution in [1.29, 1.82) is 0 Å². The van der Waals surface area contributed by atoms with Gasteiger partial charge in [-0.3, -0.25) is 28.9 Å². The van der Waals surface area contributed by atoms with Crippen LogP contribution in [0, 0.1) is 0 Å². The molecule has 0 fully saturated rings. The zero-order chi connectivity index (χ0) is 23.3. The second-order valence-corrected chi connectivity index (χ2v) is 6.53. The molecule has 1 atom stereocenters. The molecule has 0 rings (SSSR count). The van der Waals surface area contributed by atoms with Crippen LogP contribution in [0.5, 0.6) is 0 Å². The van der Waals surface area contributed by atoms with Crippen LogP contribution in [0.1, 0.15) is 19.3 Å². The van der Waals surface area contributed by atoms with E-state index in [9.17, 15) is 49.5 Å². The fourth-order valence-corrected chi connectivity index (χ4v) is 3.16. The second-order valence-electron chi connectivity index (χ2n) is 6.53. The largest absolute Gasteiger partial charge is 0.481 e. The van der Waals surface area contributed by atoms with Crippen LogP contribution in [0.25, 0.3) is 0 Å². The van der Waals surface area contributed by atoms with E-state index < -0.39 is 73.8 Å². The molecule has 0 aromatic rings. The number of carboxylic acids is 5. The molecule has 14 heteroatoms. The second kappa shape index (κ2) is 13.4. The number of hydrogen-bond acceptors (Lipinski definition) is 9. The topological polar surface area (TPSA) is 240 Å². The van der Waals surface area contributed by atoms with Crippen LogP contribution < -0.4 is 16.4 Å². The van der Waals surface area contributed by atoms with Crippen LogP contribution in [0.4, 0.5) is 0 Å². The standard InChI is InChI=1S/C16H28N4O10/c17-1-2-18-3-4-19-10(5-11(21)22)16(6-12(23)24,7-13(25)26)20(8-14(27)28)9-15(29)30/h10,18-19H,1-9,17H2,(H,21,22)(H,23,24)(H,25,26)(H,27,28)(H,29,30). The summed E-state index contributed by atoms with van der Waals surface area (Å²) in [6.45, 7) is -0.920. The Hall–Kier alpha value is -2.81. The number of nitrogens with two attached hydrogens (primary N) is 1. The highest BCUT2D eigenvalue weighted by Crippen LogP contribution is 2.31. The van der Waals surface area contributed by atoms with Crippen molar-refractivity contribution >= 4 is 29.8 Å². The van der Waals surface area contributed by atoms with Crippen molar-refractivity contribution in [1.82, 2.24) is 15.5 Å². The van der Waals surface area contributed by atoms with E-state index in [4.69, 9.17) is 5.73 Å². The van der Waals surface area contributed by atoms with Crippen molar-refractivity contribution in [2.45, 2.75) is 30.8 Å². The van der Waals surface area contributed by atoms with E-state index in [0.29, 0.717) is 18.0 Å². The average molecular weight is 436 g/mol. The van der Waals surface area contributed by atoms with Crippen LogP contribution in [-0.4, -0.2) is 111 Å². The van der Waals surface area contributed by atoms with Gasteiger partial charge in [-0.25, -0.2) is 0 Å². The lowest BCUT2D eigenvalue weighted by Crippen LogP contribution is -2.66. The zero-order valence-electron chi connectivity index (χ0n) is 16.2. The number of carbonyl (C=O) groups is 5. The lowest BCUT2D eigenvalue weighted by molar-refractivity contribution is -0.157. The van der Waals surface area contributed by atoms with Crippen molar-refractivity contribution in [2.24, 2.45) is 5.73 Å². The zero-order valence-corrected chi connectivity index (χ0v) is 16.2. The van der Waals surface area contributed by atoms with Gasteiger partial charge >= 0.3 is 29.8 Å². The van der Waals surface area contributed by atoms with Crippen LogP contribution in [0.2, 0.25) is 0 Å². The van der Waals surface area contributed by atoms with Gasteiger partial charge in [0.25, 0.3) is 0 Å². The van der Waals surface area contributed by atoms with Crippen molar-refractivity contribution in [2.75, 3.05) is 39.3 Å². The molecule has 172 valence electrons. The first-order valence-electron chi connectivity index (χ1n) is 8.92. The number of nitrogens with one attached hydrogen (secondary N) is 2. The predicted molar refractivity (Wildman–Crippen MR) is 100 cm³/mol. The maximum atomic E-state index is 11.6. The number of hydrogen-bond donors (Lipinski definition) is 8. The Bertz CT molecular complexity index is 595. The van der Waals surface area contributed by atoms with Gasteiger partial charge in [-0.1, -0.05) is 0 Å². The molecule has 9 N–H and O–H groups in total. The van der Waals surface area contributed by atoms with Crippen LogP contribution >= 0.6 is 0 Å². The Kier molecular flexibility index (Phi) is 12.2. The van der Waals surface area contributed by atoms with E-state index in [1.807, 2.05) is 0 Å². The molecular formula is C16H28N4O10. The summed E-state index contributed by atoms with van der Waals surface area (Å²) in [4.78, 5) is 57.8. The molecule has 0 aromatic heterocycles. The third-order valence-electron chi connectivity index (χ3n) is 4.24. The minimum absolute atomic E-state index is 0.0624. The normalized spacial score (nSPS) is 12.5. The molecular weight excluding hydrogens is 408 g/mol. The fraction of sp³-hybridized carbons (Fsp3) is 0.688. The first kappa shape index (κ1) is 27.2. The van der Waals surface area contributed by atoms with E-state index >= 15 is 0 Å². The third-order valence-corrected chi connectivity index (χ3v) is 4.24. The third kappa shape index (κ3) is 10.1.